The Bertz CT molecular complexity index is 787. The molecule has 152 valence electrons. The van der Waals surface area contributed by atoms with Crippen molar-refractivity contribution in [2.24, 2.45) is 0 Å². The molecule has 1 aliphatic heterocycles. The summed E-state index contributed by atoms with van der Waals surface area (Å²) in [6.07, 6.45) is 0. The zero-order chi connectivity index (χ0) is 20.4. The second kappa shape index (κ2) is 8.09. The maximum Gasteiger partial charge on any atom is 0.293 e. The summed E-state index contributed by atoms with van der Waals surface area (Å²) in [6, 6.07) is 4.07. The van der Waals surface area contributed by atoms with Gasteiger partial charge in [0.25, 0.3) is 5.69 Å². The molecule has 10 heteroatoms. The van der Waals surface area contributed by atoms with E-state index >= 15 is 0 Å². The molecule has 1 saturated heterocycles. The Morgan fingerprint density at radius 2 is 1.81 bits per heavy atom. The summed E-state index contributed by atoms with van der Waals surface area (Å²) >= 11 is 0. The van der Waals surface area contributed by atoms with Crippen molar-refractivity contribution in [2.75, 3.05) is 59.2 Å². The minimum Gasteiger partial charge on any atom is -0.378 e. The Morgan fingerprint density at radius 3 is 2.33 bits per heavy atom. The molecule has 1 heterocycles. The summed E-state index contributed by atoms with van der Waals surface area (Å²) in [6.45, 7) is 6.54. The first-order chi connectivity index (χ1) is 12.4. The number of anilines is 1. The number of nitro groups is 1. The number of likely N-dealkylation sites (N-methyl/N-ethyl adjacent to an activating group) is 2. The fourth-order valence-corrected chi connectivity index (χ4v) is 4.06. The Balaban J connectivity index is 2.28. The van der Waals surface area contributed by atoms with Crippen LogP contribution in [-0.4, -0.2) is 86.9 Å². The predicted molar refractivity (Wildman–Crippen MR) is 106 cm³/mol. The van der Waals surface area contributed by atoms with Crippen LogP contribution in [0.2, 0.25) is 0 Å². The van der Waals surface area contributed by atoms with Crippen molar-refractivity contribution >= 4 is 21.4 Å². The van der Waals surface area contributed by atoms with Gasteiger partial charge < -0.3 is 15.1 Å². The Labute approximate surface area is 161 Å². The van der Waals surface area contributed by atoms with E-state index < -0.39 is 14.9 Å². The Kier molecular flexibility index (Phi) is 6.46. The number of hydrogen-bond donors (Lipinski definition) is 1. The monoisotopic (exact) mass is 399 g/mol. The number of rotatable bonds is 7. The predicted octanol–water partition coefficient (Wildman–Crippen LogP) is 1.28. The van der Waals surface area contributed by atoms with Crippen LogP contribution in [0.4, 0.5) is 11.4 Å². The highest BCUT2D eigenvalue weighted by atomic mass is 32.2. The molecular formula is C17H29N5O4S. The first-order valence-corrected chi connectivity index (χ1v) is 10.3. The van der Waals surface area contributed by atoms with E-state index in [1.807, 2.05) is 44.8 Å². The van der Waals surface area contributed by atoms with Crippen molar-refractivity contribution in [3.05, 3.63) is 28.3 Å². The standard InChI is InChI=1S/C17H29N5O4S/c1-17(2,19(3)4)13-18-15-7-6-14(12-16(15)22(23)24)27(25,26)21-10-8-20(5)9-11-21/h6-7,12,18H,8-11,13H2,1-5H3. The van der Waals surface area contributed by atoms with E-state index in [4.69, 9.17) is 0 Å². The first kappa shape index (κ1) is 21.5. The number of hydrogen-bond acceptors (Lipinski definition) is 7. The second-order valence-corrected chi connectivity index (χ2v) is 9.64. The average molecular weight is 400 g/mol. The second-order valence-electron chi connectivity index (χ2n) is 7.70. The fraction of sp³-hybridized carbons (Fsp3) is 0.647. The Morgan fingerprint density at radius 1 is 1.22 bits per heavy atom. The zero-order valence-corrected chi connectivity index (χ0v) is 17.4. The number of nitrogens with zero attached hydrogens (tertiary/aromatic N) is 4. The largest absolute Gasteiger partial charge is 0.378 e. The van der Waals surface area contributed by atoms with Crippen LogP contribution in [0.3, 0.4) is 0 Å². The van der Waals surface area contributed by atoms with Gasteiger partial charge in [-0.15, -0.1) is 0 Å². The first-order valence-electron chi connectivity index (χ1n) is 8.83. The third kappa shape index (κ3) is 4.95. The van der Waals surface area contributed by atoms with E-state index in [2.05, 4.69) is 5.32 Å². The molecule has 1 aromatic carbocycles. The molecule has 0 spiro atoms. The van der Waals surface area contributed by atoms with Gasteiger partial charge in [-0.2, -0.15) is 4.31 Å². The van der Waals surface area contributed by atoms with Crippen LogP contribution >= 0.6 is 0 Å². The van der Waals surface area contributed by atoms with Crippen LogP contribution in [0.25, 0.3) is 0 Å². The quantitative estimate of drug-likeness (QED) is 0.545. The molecule has 1 fully saturated rings. The molecule has 0 unspecified atom stereocenters. The summed E-state index contributed by atoms with van der Waals surface area (Å²) in [5.74, 6) is 0. The maximum absolute atomic E-state index is 12.8. The summed E-state index contributed by atoms with van der Waals surface area (Å²) in [5, 5.41) is 14.6. The van der Waals surface area contributed by atoms with E-state index in [-0.39, 0.29) is 16.1 Å². The van der Waals surface area contributed by atoms with E-state index in [0.29, 0.717) is 38.4 Å². The molecule has 0 atom stereocenters. The van der Waals surface area contributed by atoms with Gasteiger partial charge in [-0.3, -0.25) is 10.1 Å². The highest BCUT2D eigenvalue weighted by Crippen LogP contribution is 2.30. The molecule has 1 N–H and O–H groups in total. The van der Waals surface area contributed by atoms with Crippen LogP contribution < -0.4 is 5.32 Å². The average Bonchev–Trinajstić information content (AvgIpc) is 2.60. The number of nitro benzene ring substituents is 1. The van der Waals surface area contributed by atoms with E-state index in [1.165, 1.54) is 16.4 Å². The van der Waals surface area contributed by atoms with Gasteiger partial charge in [0.2, 0.25) is 10.0 Å². The van der Waals surface area contributed by atoms with Crippen molar-refractivity contribution < 1.29 is 13.3 Å². The van der Waals surface area contributed by atoms with Gasteiger partial charge in [0.05, 0.1) is 9.82 Å². The molecule has 0 bridgehead atoms. The smallest absolute Gasteiger partial charge is 0.293 e. The van der Waals surface area contributed by atoms with Gasteiger partial charge in [-0.25, -0.2) is 8.42 Å². The van der Waals surface area contributed by atoms with Gasteiger partial charge >= 0.3 is 0 Å². The van der Waals surface area contributed by atoms with Crippen LogP contribution in [0.5, 0.6) is 0 Å². The number of benzene rings is 1. The van der Waals surface area contributed by atoms with Gasteiger partial charge in [-0.05, 0) is 47.1 Å². The molecule has 2 rings (SSSR count). The van der Waals surface area contributed by atoms with Crippen LogP contribution in [0.15, 0.2) is 23.1 Å². The van der Waals surface area contributed by atoms with E-state index in [9.17, 15) is 18.5 Å². The summed E-state index contributed by atoms with van der Waals surface area (Å²) in [5.41, 5.74) is -0.148. The van der Waals surface area contributed by atoms with Crippen LogP contribution in [-0.2, 0) is 10.0 Å². The summed E-state index contributed by atoms with van der Waals surface area (Å²) < 4.78 is 27.1. The minimum atomic E-state index is -3.75. The third-order valence-electron chi connectivity index (χ3n) is 5.19. The lowest BCUT2D eigenvalue weighted by atomic mass is 10.0. The van der Waals surface area contributed by atoms with Gasteiger partial charge in [0.15, 0.2) is 0 Å². The molecule has 1 aliphatic rings. The SMILES string of the molecule is CN1CCN(S(=O)(=O)c2ccc(NCC(C)(C)N(C)C)c([N+](=O)[O-])c2)CC1. The normalized spacial score (nSPS) is 17.3. The number of sulfonamides is 1. The maximum atomic E-state index is 12.8. The van der Waals surface area contributed by atoms with Gasteiger partial charge in [0, 0.05) is 44.3 Å². The summed E-state index contributed by atoms with van der Waals surface area (Å²) in [4.78, 5) is 15.0. The Hall–Kier alpha value is -1.75. The molecule has 1 aromatic rings. The lowest BCUT2D eigenvalue weighted by Crippen LogP contribution is -2.47. The molecule has 0 aromatic heterocycles. The molecule has 0 radical (unpaired) electrons. The van der Waals surface area contributed by atoms with Crippen molar-refractivity contribution in [2.45, 2.75) is 24.3 Å². The number of piperazine rings is 1. The molecule has 0 aliphatic carbocycles. The minimum absolute atomic E-state index is 0.0452. The van der Waals surface area contributed by atoms with Gasteiger partial charge in [-0.1, -0.05) is 0 Å². The lowest BCUT2D eigenvalue weighted by Gasteiger charge is -2.33. The summed E-state index contributed by atoms with van der Waals surface area (Å²) in [7, 11) is 2.05. The van der Waals surface area contributed by atoms with Crippen LogP contribution in [0.1, 0.15) is 13.8 Å². The highest BCUT2D eigenvalue weighted by molar-refractivity contribution is 7.89. The highest BCUT2D eigenvalue weighted by Gasteiger charge is 2.30. The molecule has 27 heavy (non-hydrogen) atoms. The molecular weight excluding hydrogens is 370 g/mol. The zero-order valence-electron chi connectivity index (χ0n) is 16.6. The van der Waals surface area contributed by atoms with Gasteiger partial charge in [0.1, 0.15) is 5.69 Å². The topological polar surface area (TPSA) is 99.0 Å². The fourth-order valence-electron chi connectivity index (χ4n) is 2.62. The van der Waals surface area contributed by atoms with Crippen molar-refractivity contribution in [1.29, 1.82) is 0 Å². The lowest BCUT2D eigenvalue weighted by molar-refractivity contribution is -0.384. The van der Waals surface area contributed by atoms with Crippen molar-refractivity contribution in [3.8, 4) is 0 Å². The van der Waals surface area contributed by atoms with E-state index in [0.717, 1.165) is 6.07 Å². The molecule has 0 saturated carbocycles. The number of nitrogens with one attached hydrogen (secondary N) is 1. The third-order valence-corrected chi connectivity index (χ3v) is 7.08. The molecule has 0 amide bonds. The van der Waals surface area contributed by atoms with Crippen molar-refractivity contribution in [1.82, 2.24) is 14.1 Å². The van der Waals surface area contributed by atoms with Crippen LogP contribution in [0, 0.1) is 10.1 Å². The van der Waals surface area contributed by atoms with E-state index in [1.54, 1.807) is 0 Å². The molecule has 9 nitrogen and oxygen atoms in total. The van der Waals surface area contributed by atoms with Crippen molar-refractivity contribution in [3.63, 3.8) is 0 Å².